The van der Waals surface area contributed by atoms with Crippen LogP contribution in [-0.4, -0.2) is 83.2 Å². The number of carboxylic acid groups (broad SMARTS) is 1. The number of rotatable bonds is 8. The van der Waals surface area contributed by atoms with Gasteiger partial charge in [-0.25, -0.2) is 12.7 Å². The SMILES string of the molecule is CN(C)S(=O)(=O)CCCN1C[C@@H](CC(=O)O)[C@@H](c2cn(C)nn2)C1. The van der Waals surface area contributed by atoms with Crippen LogP contribution in [0, 0.1) is 5.92 Å². The minimum absolute atomic E-state index is 0.0141. The lowest BCUT2D eigenvalue weighted by Crippen LogP contribution is -2.29. The molecule has 136 valence electrons. The molecule has 0 aromatic carbocycles. The zero-order valence-electron chi connectivity index (χ0n) is 14.3. The number of aliphatic carboxylic acids is 1. The third kappa shape index (κ3) is 4.74. The van der Waals surface area contributed by atoms with E-state index in [9.17, 15) is 13.2 Å². The zero-order valence-corrected chi connectivity index (χ0v) is 15.1. The second-order valence-electron chi connectivity index (χ2n) is 6.49. The smallest absolute Gasteiger partial charge is 0.303 e. The molecule has 9 nitrogen and oxygen atoms in total. The van der Waals surface area contributed by atoms with Crippen LogP contribution >= 0.6 is 0 Å². The van der Waals surface area contributed by atoms with E-state index in [0.717, 1.165) is 5.69 Å². The maximum atomic E-state index is 11.8. The van der Waals surface area contributed by atoms with Crippen molar-refractivity contribution in [3.63, 3.8) is 0 Å². The summed E-state index contributed by atoms with van der Waals surface area (Å²) in [5.74, 6) is -0.758. The highest BCUT2D eigenvalue weighted by atomic mass is 32.2. The minimum Gasteiger partial charge on any atom is -0.481 e. The lowest BCUT2D eigenvalue weighted by atomic mass is 9.91. The van der Waals surface area contributed by atoms with Gasteiger partial charge in [0.25, 0.3) is 0 Å². The number of nitrogens with zero attached hydrogens (tertiary/aromatic N) is 5. The van der Waals surface area contributed by atoms with E-state index >= 15 is 0 Å². The zero-order chi connectivity index (χ0) is 17.9. The molecule has 1 N–H and O–H groups in total. The average Bonchev–Trinajstić information content (AvgIpc) is 3.04. The van der Waals surface area contributed by atoms with E-state index in [2.05, 4.69) is 15.2 Å². The van der Waals surface area contributed by atoms with E-state index in [4.69, 9.17) is 5.11 Å². The van der Waals surface area contributed by atoms with Crippen LogP contribution in [0.15, 0.2) is 6.20 Å². The van der Waals surface area contributed by atoms with Crippen LogP contribution < -0.4 is 0 Å². The van der Waals surface area contributed by atoms with Gasteiger partial charge in [-0.2, -0.15) is 0 Å². The molecule has 24 heavy (non-hydrogen) atoms. The molecule has 1 aliphatic heterocycles. The van der Waals surface area contributed by atoms with Crippen LogP contribution in [-0.2, 0) is 21.9 Å². The van der Waals surface area contributed by atoms with Crippen molar-refractivity contribution in [3.05, 3.63) is 11.9 Å². The largest absolute Gasteiger partial charge is 0.481 e. The highest BCUT2D eigenvalue weighted by Crippen LogP contribution is 2.33. The summed E-state index contributed by atoms with van der Waals surface area (Å²) in [5.41, 5.74) is 0.798. The summed E-state index contributed by atoms with van der Waals surface area (Å²) in [6, 6.07) is 0. The van der Waals surface area contributed by atoms with Gasteiger partial charge >= 0.3 is 5.97 Å². The fraction of sp³-hybridized carbons (Fsp3) is 0.786. The molecule has 0 radical (unpaired) electrons. The number of likely N-dealkylation sites (tertiary alicyclic amines) is 1. The molecule has 2 heterocycles. The van der Waals surface area contributed by atoms with Gasteiger partial charge < -0.3 is 10.0 Å². The topological polar surface area (TPSA) is 109 Å². The molecular formula is C14H25N5O4S. The average molecular weight is 359 g/mol. The lowest BCUT2D eigenvalue weighted by Gasteiger charge is -2.16. The molecule has 2 atom stereocenters. The number of sulfonamides is 1. The summed E-state index contributed by atoms with van der Waals surface area (Å²) in [7, 11) is 1.63. The summed E-state index contributed by atoms with van der Waals surface area (Å²) in [6.07, 6.45) is 2.42. The first-order chi connectivity index (χ1) is 11.2. The van der Waals surface area contributed by atoms with Gasteiger partial charge in [-0.1, -0.05) is 5.21 Å². The van der Waals surface area contributed by atoms with Crippen molar-refractivity contribution in [3.8, 4) is 0 Å². The molecule has 0 bridgehead atoms. The Morgan fingerprint density at radius 3 is 2.67 bits per heavy atom. The molecule has 1 saturated heterocycles. The fourth-order valence-corrected chi connectivity index (χ4v) is 3.96. The highest BCUT2D eigenvalue weighted by molar-refractivity contribution is 7.89. The molecule has 0 unspecified atom stereocenters. The third-order valence-electron chi connectivity index (χ3n) is 4.39. The van der Waals surface area contributed by atoms with Gasteiger partial charge in [0, 0.05) is 46.3 Å². The quantitative estimate of drug-likeness (QED) is 0.672. The monoisotopic (exact) mass is 359 g/mol. The second kappa shape index (κ2) is 7.58. The summed E-state index contributed by atoms with van der Waals surface area (Å²) in [5, 5.41) is 17.2. The van der Waals surface area contributed by atoms with Crippen LogP contribution in [0.2, 0.25) is 0 Å². The Bertz CT molecular complexity index is 672. The molecule has 1 aromatic rings. The molecule has 0 amide bonds. The summed E-state index contributed by atoms with van der Waals surface area (Å²) in [4.78, 5) is 13.2. The second-order valence-corrected chi connectivity index (χ2v) is 8.80. The standard InChI is InChI=1S/C14H25N5O4S/c1-17(2)24(22,23)6-4-5-19-8-11(7-14(20)21)12(9-19)13-10-18(3)16-15-13/h10-12H,4-9H2,1-3H3,(H,20,21)/t11-,12+/m1/s1. The Morgan fingerprint density at radius 2 is 2.12 bits per heavy atom. The first-order valence-corrected chi connectivity index (χ1v) is 9.50. The lowest BCUT2D eigenvalue weighted by molar-refractivity contribution is -0.138. The van der Waals surface area contributed by atoms with Crippen LogP contribution in [0.3, 0.4) is 0 Å². The Balaban J connectivity index is 1.97. The fourth-order valence-electron chi connectivity index (χ4n) is 3.10. The van der Waals surface area contributed by atoms with Gasteiger partial charge in [0.2, 0.25) is 10.0 Å². The van der Waals surface area contributed by atoms with E-state index in [1.165, 1.54) is 18.4 Å². The normalized spacial score (nSPS) is 22.3. The third-order valence-corrected chi connectivity index (χ3v) is 6.30. The molecule has 0 spiro atoms. The first-order valence-electron chi connectivity index (χ1n) is 7.89. The van der Waals surface area contributed by atoms with Crippen molar-refractivity contribution in [1.29, 1.82) is 0 Å². The highest BCUT2D eigenvalue weighted by Gasteiger charge is 2.36. The van der Waals surface area contributed by atoms with E-state index in [0.29, 0.717) is 26.1 Å². The Kier molecular flexibility index (Phi) is 5.94. The molecule has 0 saturated carbocycles. The number of carboxylic acids is 1. The molecule has 1 aromatic heterocycles. The van der Waals surface area contributed by atoms with Gasteiger partial charge in [-0.15, -0.1) is 5.10 Å². The molecule has 0 aliphatic carbocycles. The Labute approximate surface area is 142 Å². The maximum absolute atomic E-state index is 11.8. The number of hydrogen-bond acceptors (Lipinski definition) is 6. The van der Waals surface area contributed by atoms with Gasteiger partial charge in [-0.05, 0) is 18.9 Å². The van der Waals surface area contributed by atoms with E-state index < -0.39 is 16.0 Å². The van der Waals surface area contributed by atoms with Crippen LogP contribution in [0.5, 0.6) is 0 Å². The number of aryl methyl sites for hydroxylation is 1. The van der Waals surface area contributed by atoms with Crippen molar-refractivity contribution < 1.29 is 18.3 Å². The summed E-state index contributed by atoms with van der Waals surface area (Å²) < 4.78 is 26.5. The number of carbonyl (C=O) groups is 1. The predicted molar refractivity (Wildman–Crippen MR) is 88.0 cm³/mol. The van der Waals surface area contributed by atoms with E-state index in [1.807, 2.05) is 6.20 Å². The van der Waals surface area contributed by atoms with Crippen molar-refractivity contribution in [2.75, 3.05) is 39.5 Å². The molecule has 1 fully saturated rings. The van der Waals surface area contributed by atoms with Gasteiger partial charge in [-0.3, -0.25) is 9.48 Å². The molecule has 10 heteroatoms. The summed E-state index contributed by atoms with van der Waals surface area (Å²) in [6.45, 7) is 1.94. The van der Waals surface area contributed by atoms with Gasteiger partial charge in [0.1, 0.15) is 0 Å². The summed E-state index contributed by atoms with van der Waals surface area (Å²) >= 11 is 0. The number of hydrogen-bond donors (Lipinski definition) is 1. The van der Waals surface area contributed by atoms with Crippen molar-refractivity contribution in [2.45, 2.75) is 18.8 Å². The number of aromatic nitrogens is 3. The van der Waals surface area contributed by atoms with E-state index in [-0.39, 0.29) is 24.0 Å². The molecule has 2 rings (SSSR count). The first kappa shape index (κ1) is 18.8. The van der Waals surface area contributed by atoms with Crippen LogP contribution in [0.1, 0.15) is 24.5 Å². The molecule has 1 aliphatic rings. The van der Waals surface area contributed by atoms with E-state index in [1.54, 1.807) is 11.7 Å². The van der Waals surface area contributed by atoms with Crippen LogP contribution in [0.4, 0.5) is 0 Å². The maximum Gasteiger partial charge on any atom is 0.303 e. The molecular weight excluding hydrogens is 334 g/mol. The van der Waals surface area contributed by atoms with Gasteiger partial charge in [0.15, 0.2) is 0 Å². The Hall–Kier alpha value is -1.52. The van der Waals surface area contributed by atoms with Crippen LogP contribution in [0.25, 0.3) is 0 Å². The van der Waals surface area contributed by atoms with Crippen molar-refractivity contribution in [2.24, 2.45) is 13.0 Å². The predicted octanol–water partition coefficient (Wildman–Crippen LogP) is -0.413. The van der Waals surface area contributed by atoms with Crippen molar-refractivity contribution in [1.82, 2.24) is 24.2 Å². The van der Waals surface area contributed by atoms with Gasteiger partial charge in [0.05, 0.1) is 17.9 Å². The Morgan fingerprint density at radius 1 is 1.42 bits per heavy atom. The minimum atomic E-state index is -3.20. The van der Waals surface area contributed by atoms with Crippen molar-refractivity contribution >= 4 is 16.0 Å².